The van der Waals surface area contributed by atoms with Gasteiger partial charge in [0, 0.05) is 23.3 Å². The lowest BCUT2D eigenvalue weighted by Crippen LogP contribution is -2.36. The number of benzene rings is 1. The van der Waals surface area contributed by atoms with Crippen LogP contribution in [0.5, 0.6) is 0 Å². The summed E-state index contributed by atoms with van der Waals surface area (Å²) in [4.78, 5) is 4.52. The highest BCUT2D eigenvalue weighted by molar-refractivity contribution is 7.09. The molecule has 1 saturated carbocycles. The molecule has 3 rings (SSSR count). The normalized spacial score (nSPS) is 18.6. The standard InChI is InChI=1S/C15H18N2S/c1-11-17-13(10-18-11)9-14(16)15(7-8-15)12-5-3-2-4-6-12/h2-6,10,14H,7-9,16H2,1H3. The first-order valence-corrected chi connectivity index (χ1v) is 7.31. The van der Waals surface area contributed by atoms with Gasteiger partial charge in [-0.3, -0.25) is 0 Å². The van der Waals surface area contributed by atoms with E-state index in [1.54, 1.807) is 11.3 Å². The predicted octanol–water partition coefficient (Wildman–Crippen LogP) is 3.05. The molecule has 0 saturated heterocycles. The van der Waals surface area contributed by atoms with Gasteiger partial charge in [-0.1, -0.05) is 30.3 Å². The van der Waals surface area contributed by atoms with Crippen LogP contribution in [0.1, 0.15) is 29.1 Å². The lowest BCUT2D eigenvalue weighted by molar-refractivity contribution is 0.510. The maximum absolute atomic E-state index is 6.45. The smallest absolute Gasteiger partial charge is 0.0897 e. The molecular weight excluding hydrogens is 240 g/mol. The number of aromatic nitrogens is 1. The van der Waals surface area contributed by atoms with Crippen molar-refractivity contribution in [3.05, 3.63) is 52.0 Å². The highest BCUT2D eigenvalue weighted by Crippen LogP contribution is 2.50. The van der Waals surface area contributed by atoms with E-state index in [0.717, 1.165) is 17.1 Å². The van der Waals surface area contributed by atoms with Crippen molar-refractivity contribution in [1.82, 2.24) is 4.98 Å². The van der Waals surface area contributed by atoms with Crippen LogP contribution in [0.3, 0.4) is 0 Å². The number of nitrogens with two attached hydrogens (primary N) is 1. The molecule has 1 atom stereocenters. The molecule has 0 aliphatic heterocycles. The van der Waals surface area contributed by atoms with Crippen LogP contribution >= 0.6 is 11.3 Å². The average Bonchev–Trinajstić information content (AvgIpc) is 3.10. The third-order valence-electron chi connectivity index (χ3n) is 3.94. The molecular formula is C15H18N2S. The Hall–Kier alpha value is -1.19. The van der Waals surface area contributed by atoms with Gasteiger partial charge in [0.1, 0.15) is 0 Å². The maximum atomic E-state index is 6.45. The molecule has 1 unspecified atom stereocenters. The van der Waals surface area contributed by atoms with Crippen molar-refractivity contribution >= 4 is 11.3 Å². The van der Waals surface area contributed by atoms with Crippen molar-refractivity contribution in [2.24, 2.45) is 5.73 Å². The largest absolute Gasteiger partial charge is 0.327 e. The molecule has 1 aromatic carbocycles. The highest BCUT2D eigenvalue weighted by atomic mass is 32.1. The van der Waals surface area contributed by atoms with Crippen molar-refractivity contribution in [2.45, 2.75) is 37.6 Å². The van der Waals surface area contributed by atoms with Crippen LogP contribution in [0.4, 0.5) is 0 Å². The Morgan fingerprint density at radius 3 is 2.61 bits per heavy atom. The Kier molecular flexibility index (Phi) is 2.96. The summed E-state index contributed by atoms with van der Waals surface area (Å²) >= 11 is 1.71. The van der Waals surface area contributed by atoms with Gasteiger partial charge in [0.15, 0.2) is 0 Å². The topological polar surface area (TPSA) is 38.9 Å². The molecule has 0 amide bonds. The fraction of sp³-hybridized carbons (Fsp3) is 0.400. The molecule has 3 heteroatoms. The molecule has 1 heterocycles. The van der Waals surface area contributed by atoms with Crippen molar-refractivity contribution < 1.29 is 0 Å². The number of thiazole rings is 1. The number of nitrogens with zero attached hydrogens (tertiary/aromatic N) is 1. The van der Waals surface area contributed by atoms with Gasteiger partial charge in [0.25, 0.3) is 0 Å². The summed E-state index contributed by atoms with van der Waals surface area (Å²) in [5.74, 6) is 0. The number of hydrogen-bond acceptors (Lipinski definition) is 3. The molecule has 18 heavy (non-hydrogen) atoms. The van der Waals surface area contributed by atoms with Gasteiger partial charge < -0.3 is 5.73 Å². The summed E-state index contributed by atoms with van der Waals surface area (Å²) in [6, 6.07) is 10.9. The van der Waals surface area contributed by atoms with E-state index in [9.17, 15) is 0 Å². The van der Waals surface area contributed by atoms with Gasteiger partial charge >= 0.3 is 0 Å². The summed E-state index contributed by atoms with van der Waals surface area (Å²) in [6.45, 7) is 2.05. The molecule has 1 aliphatic carbocycles. The minimum Gasteiger partial charge on any atom is -0.327 e. The second-order valence-corrected chi connectivity index (χ2v) is 6.25. The first-order valence-electron chi connectivity index (χ1n) is 6.43. The van der Waals surface area contributed by atoms with Gasteiger partial charge in [0.2, 0.25) is 0 Å². The van der Waals surface area contributed by atoms with Gasteiger partial charge in [-0.2, -0.15) is 0 Å². The summed E-state index contributed by atoms with van der Waals surface area (Å²) in [7, 11) is 0. The van der Waals surface area contributed by atoms with E-state index >= 15 is 0 Å². The Morgan fingerprint density at radius 1 is 1.33 bits per heavy atom. The predicted molar refractivity (Wildman–Crippen MR) is 75.9 cm³/mol. The first kappa shape index (κ1) is 11.9. The molecule has 1 aliphatic rings. The lowest BCUT2D eigenvalue weighted by atomic mass is 9.86. The summed E-state index contributed by atoms with van der Waals surface area (Å²) in [5, 5.41) is 3.26. The van der Waals surface area contributed by atoms with E-state index in [0.29, 0.717) is 0 Å². The summed E-state index contributed by atoms with van der Waals surface area (Å²) in [6.07, 6.45) is 3.31. The molecule has 2 N–H and O–H groups in total. The summed E-state index contributed by atoms with van der Waals surface area (Å²) < 4.78 is 0. The lowest BCUT2D eigenvalue weighted by Gasteiger charge is -2.23. The van der Waals surface area contributed by atoms with Gasteiger partial charge in [-0.05, 0) is 25.3 Å². The van der Waals surface area contributed by atoms with E-state index in [2.05, 4.69) is 40.7 Å². The van der Waals surface area contributed by atoms with Crippen LogP contribution in [0.15, 0.2) is 35.7 Å². The molecule has 0 bridgehead atoms. The van der Waals surface area contributed by atoms with Crippen LogP contribution in [0.25, 0.3) is 0 Å². The molecule has 0 spiro atoms. The van der Waals surface area contributed by atoms with Crippen LogP contribution in [-0.2, 0) is 11.8 Å². The van der Waals surface area contributed by atoms with E-state index in [1.807, 2.05) is 6.92 Å². The van der Waals surface area contributed by atoms with Crippen molar-refractivity contribution in [1.29, 1.82) is 0 Å². The van der Waals surface area contributed by atoms with Crippen molar-refractivity contribution in [3.8, 4) is 0 Å². The Morgan fingerprint density at radius 2 is 2.06 bits per heavy atom. The van der Waals surface area contributed by atoms with Crippen LogP contribution in [-0.4, -0.2) is 11.0 Å². The van der Waals surface area contributed by atoms with Gasteiger partial charge in [0.05, 0.1) is 10.7 Å². The third-order valence-corrected chi connectivity index (χ3v) is 4.77. The van der Waals surface area contributed by atoms with Gasteiger partial charge in [-0.25, -0.2) is 4.98 Å². The van der Waals surface area contributed by atoms with Crippen LogP contribution in [0.2, 0.25) is 0 Å². The van der Waals surface area contributed by atoms with E-state index in [1.165, 1.54) is 18.4 Å². The second kappa shape index (κ2) is 4.48. The molecule has 1 aromatic heterocycles. The quantitative estimate of drug-likeness (QED) is 0.915. The first-order chi connectivity index (χ1) is 8.71. The fourth-order valence-corrected chi connectivity index (χ4v) is 3.33. The number of rotatable bonds is 4. The minimum atomic E-state index is 0.182. The van der Waals surface area contributed by atoms with Crippen molar-refractivity contribution in [2.75, 3.05) is 0 Å². The van der Waals surface area contributed by atoms with E-state index in [4.69, 9.17) is 5.73 Å². The number of aryl methyl sites for hydroxylation is 1. The molecule has 2 nitrogen and oxygen atoms in total. The van der Waals surface area contributed by atoms with E-state index < -0.39 is 0 Å². The zero-order valence-electron chi connectivity index (χ0n) is 10.6. The second-order valence-electron chi connectivity index (χ2n) is 5.19. The highest BCUT2D eigenvalue weighted by Gasteiger charge is 2.49. The number of hydrogen-bond donors (Lipinski definition) is 1. The SMILES string of the molecule is Cc1nc(CC(N)C2(c3ccccc3)CC2)cs1. The van der Waals surface area contributed by atoms with E-state index in [-0.39, 0.29) is 11.5 Å². The zero-order valence-corrected chi connectivity index (χ0v) is 11.4. The van der Waals surface area contributed by atoms with Crippen LogP contribution < -0.4 is 5.73 Å². The molecule has 94 valence electrons. The Balaban J connectivity index is 1.78. The zero-order chi connectivity index (χ0) is 12.6. The monoisotopic (exact) mass is 258 g/mol. The average molecular weight is 258 g/mol. The summed E-state index contributed by atoms with van der Waals surface area (Å²) in [5.41, 5.74) is 9.20. The fourth-order valence-electron chi connectivity index (χ4n) is 2.70. The molecule has 0 radical (unpaired) electrons. The van der Waals surface area contributed by atoms with Crippen LogP contribution in [0, 0.1) is 6.92 Å². The third kappa shape index (κ3) is 2.08. The Bertz CT molecular complexity index is 528. The maximum Gasteiger partial charge on any atom is 0.0897 e. The molecule has 1 fully saturated rings. The van der Waals surface area contributed by atoms with Gasteiger partial charge in [-0.15, -0.1) is 11.3 Å². The molecule has 2 aromatic rings. The Labute approximate surface area is 112 Å². The minimum absolute atomic E-state index is 0.182. The van der Waals surface area contributed by atoms with Crippen molar-refractivity contribution in [3.63, 3.8) is 0 Å².